The van der Waals surface area contributed by atoms with E-state index >= 15 is 0 Å². The van der Waals surface area contributed by atoms with Crippen LogP contribution >= 0.6 is 0 Å². The molecular formula is C17H26N2O2. The van der Waals surface area contributed by atoms with Crippen LogP contribution < -0.4 is 4.90 Å². The molecule has 0 aliphatic carbocycles. The highest BCUT2D eigenvalue weighted by Gasteiger charge is 2.05. The Bertz CT molecular complexity index is 421. The third-order valence-corrected chi connectivity index (χ3v) is 2.95. The summed E-state index contributed by atoms with van der Waals surface area (Å²) in [4.78, 5) is 11.5. The van der Waals surface area contributed by atoms with E-state index in [2.05, 4.69) is 36.5 Å². The van der Waals surface area contributed by atoms with Crippen LogP contribution in [-0.4, -0.2) is 26.2 Å². The van der Waals surface area contributed by atoms with Crippen LogP contribution in [0.25, 0.3) is 0 Å². The maximum absolute atomic E-state index is 9.18. The van der Waals surface area contributed by atoms with Gasteiger partial charge in [-0.1, -0.05) is 13.8 Å². The summed E-state index contributed by atoms with van der Waals surface area (Å²) in [5.41, 5.74) is 1.94. The van der Waals surface area contributed by atoms with Crippen molar-refractivity contribution in [2.75, 3.05) is 24.6 Å². The first kappa shape index (κ1) is 19.0. The van der Waals surface area contributed by atoms with Crippen LogP contribution in [-0.2, 0) is 9.53 Å². The Hall–Kier alpha value is -2.02. The summed E-state index contributed by atoms with van der Waals surface area (Å²) in [6.45, 7) is 11.4. The Labute approximate surface area is 128 Å². The van der Waals surface area contributed by atoms with Gasteiger partial charge in [0.05, 0.1) is 18.2 Å². The van der Waals surface area contributed by atoms with Crippen LogP contribution in [0.4, 0.5) is 5.69 Å². The number of anilines is 1. The molecule has 0 amide bonds. The lowest BCUT2D eigenvalue weighted by Crippen LogP contribution is -2.24. The van der Waals surface area contributed by atoms with Crippen LogP contribution in [0.5, 0.6) is 0 Å². The fourth-order valence-electron chi connectivity index (χ4n) is 1.70. The van der Waals surface area contributed by atoms with Gasteiger partial charge in [-0.15, -0.1) is 0 Å². The molecule has 0 aliphatic heterocycles. The molecule has 0 aromatic heterocycles. The van der Waals surface area contributed by atoms with Crippen molar-refractivity contribution in [2.45, 2.75) is 34.1 Å². The minimum atomic E-state index is 0.431. The van der Waals surface area contributed by atoms with Crippen LogP contribution in [0.2, 0.25) is 0 Å². The molecule has 0 spiro atoms. The van der Waals surface area contributed by atoms with Crippen molar-refractivity contribution < 1.29 is 9.53 Å². The number of ether oxygens (including phenoxy) is 1. The smallest absolute Gasteiger partial charge is 0.293 e. The summed E-state index contributed by atoms with van der Waals surface area (Å²) in [6.07, 6.45) is 1.20. The van der Waals surface area contributed by atoms with Gasteiger partial charge in [-0.3, -0.25) is 4.79 Å². The first-order chi connectivity index (χ1) is 10.1. The second-order valence-electron chi connectivity index (χ2n) is 4.97. The quantitative estimate of drug-likeness (QED) is 0.720. The van der Waals surface area contributed by atoms with Crippen molar-refractivity contribution in [3.8, 4) is 6.07 Å². The Balaban J connectivity index is 0.000000690. The molecule has 0 atom stereocenters. The van der Waals surface area contributed by atoms with Gasteiger partial charge in [0.2, 0.25) is 0 Å². The summed E-state index contributed by atoms with van der Waals surface area (Å²) >= 11 is 0. The molecule has 21 heavy (non-hydrogen) atoms. The number of benzene rings is 1. The first-order valence-corrected chi connectivity index (χ1v) is 7.39. The molecule has 1 rings (SSSR count). The van der Waals surface area contributed by atoms with Crippen molar-refractivity contribution in [3.05, 3.63) is 29.8 Å². The predicted octanol–water partition coefficient (Wildman–Crippen LogP) is 3.61. The Morgan fingerprint density at radius 3 is 2.24 bits per heavy atom. The standard InChI is InChI=1S/C14H20N2.C3H6O2/c1-4-16(10-9-12(2)3)14-7-5-13(11-15)6-8-14;1-2-5-3-4/h5-8,12H,4,9-10H2,1-3H3;3H,2H2,1H3. The van der Waals surface area contributed by atoms with Crippen LogP contribution in [0.15, 0.2) is 24.3 Å². The van der Waals surface area contributed by atoms with E-state index in [0.717, 1.165) is 24.6 Å². The summed E-state index contributed by atoms with van der Waals surface area (Å²) < 4.78 is 4.15. The topological polar surface area (TPSA) is 53.3 Å². The molecule has 1 aromatic carbocycles. The highest BCUT2D eigenvalue weighted by molar-refractivity contribution is 5.49. The predicted molar refractivity (Wildman–Crippen MR) is 86.2 cm³/mol. The molecule has 0 saturated heterocycles. The molecule has 0 aliphatic rings. The number of carbonyl (C=O) groups excluding carboxylic acids is 1. The van der Waals surface area contributed by atoms with Gasteiger partial charge >= 0.3 is 0 Å². The van der Waals surface area contributed by atoms with E-state index in [1.807, 2.05) is 24.3 Å². The SMILES string of the molecule is CCN(CCC(C)C)c1ccc(C#N)cc1.CCOC=O. The molecule has 4 nitrogen and oxygen atoms in total. The fourth-order valence-corrected chi connectivity index (χ4v) is 1.70. The second-order valence-corrected chi connectivity index (χ2v) is 4.97. The van der Waals surface area contributed by atoms with Gasteiger partial charge in [0.25, 0.3) is 6.47 Å². The second kappa shape index (κ2) is 11.8. The number of nitriles is 1. The minimum Gasteiger partial charge on any atom is -0.468 e. The van der Waals surface area contributed by atoms with Crippen LogP contribution in [0, 0.1) is 17.2 Å². The van der Waals surface area contributed by atoms with Gasteiger partial charge in [0.15, 0.2) is 0 Å². The molecule has 0 N–H and O–H groups in total. The van der Waals surface area contributed by atoms with E-state index in [1.165, 1.54) is 12.1 Å². The highest BCUT2D eigenvalue weighted by atomic mass is 16.5. The molecule has 4 heteroatoms. The monoisotopic (exact) mass is 290 g/mol. The number of rotatable bonds is 7. The van der Waals surface area contributed by atoms with E-state index < -0.39 is 0 Å². The highest BCUT2D eigenvalue weighted by Crippen LogP contribution is 2.16. The van der Waals surface area contributed by atoms with Crippen LogP contribution in [0.3, 0.4) is 0 Å². The van der Waals surface area contributed by atoms with Gasteiger partial charge in [-0.2, -0.15) is 5.26 Å². The molecule has 1 aromatic rings. The van der Waals surface area contributed by atoms with Gasteiger partial charge in [0, 0.05) is 18.8 Å². The Morgan fingerprint density at radius 1 is 1.29 bits per heavy atom. The largest absolute Gasteiger partial charge is 0.468 e. The van der Waals surface area contributed by atoms with Gasteiger partial charge in [-0.05, 0) is 50.5 Å². The molecule has 0 bridgehead atoms. The van der Waals surface area contributed by atoms with E-state index in [9.17, 15) is 4.79 Å². The number of hydrogen-bond donors (Lipinski definition) is 0. The number of hydrogen-bond acceptors (Lipinski definition) is 4. The summed E-state index contributed by atoms with van der Waals surface area (Å²) in [5, 5.41) is 8.74. The van der Waals surface area contributed by atoms with E-state index in [-0.39, 0.29) is 0 Å². The molecule has 116 valence electrons. The minimum absolute atomic E-state index is 0.431. The first-order valence-electron chi connectivity index (χ1n) is 7.39. The third-order valence-electron chi connectivity index (χ3n) is 2.95. The zero-order valence-corrected chi connectivity index (χ0v) is 13.5. The van der Waals surface area contributed by atoms with Crippen molar-refractivity contribution in [1.82, 2.24) is 0 Å². The number of carbonyl (C=O) groups is 1. The lowest BCUT2D eigenvalue weighted by Gasteiger charge is -2.24. The lowest BCUT2D eigenvalue weighted by molar-refractivity contribution is -0.128. The van der Waals surface area contributed by atoms with Gasteiger partial charge < -0.3 is 9.64 Å². The van der Waals surface area contributed by atoms with Gasteiger partial charge in [-0.25, -0.2) is 0 Å². The molecule has 0 radical (unpaired) electrons. The van der Waals surface area contributed by atoms with Crippen LogP contribution in [0.1, 0.15) is 39.7 Å². The molecule has 0 fully saturated rings. The summed E-state index contributed by atoms with van der Waals surface area (Å²) in [5.74, 6) is 0.729. The Morgan fingerprint density at radius 2 is 1.90 bits per heavy atom. The zero-order chi connectivity index (χ0) is 16.1. The average Bonchev–Trinajstić information content (AvgIpc) is 2.49. The van der Waals surface area contributed by atoms with Crippen molar-refractivity contribution >= 4 is 12.2 Å². The van der Waals surface area contributed by atoms with E-state index in [1.54, 1.807) is 6.92 Å². The maximum Gasteiger partial charge on any atom is 0.293 e. The number of nitrogens with zero attached hydrogens (tertiary/aromatic N) is 2. The van der Waals surface area contributed by atoms with Crippen molar-refractivity contribution in [3.63, 3.8) is 0 Å². The maximum atomic E-state index is 9.18. The molecule has 0 heterocycles. The summed E-state index contributed by atoms with van der Waals surface area (Å²) in [6, 6.07) is 9.97. The third kappa shape index (κ3) is 8.69. The normalized spacial score (nSPS) is 9.33. The Kier molecular flexibility index (Phi) is 10.6. The molecule has 0 unspecified atom stereocenters. The van der Waals surface area contributed by atoms with Crippen molar-refractivity contribution in [1.29, 1.82) is 5.26 Å². The van der Waals surface area contributed by atoms with Gasteiger partial charge in [0.1, 0.15) is 0 Å². The van der Waals surface area contributed by atoms with E-state index in [0.29, 0.717) is 13.1 Å². The molecule has 0 saturated carbocycles. The molecular weight excluding hydrogens is 264 g/mol. The average molecular weight is 290 g/mol. The van der Waals surface area contributed by atoms with E-state index in [4.69, 9.17) is 5.26 Å². The summed E-state index contributed by atoms with van der Waals surface area (Å²) in [7, 11) is 0. The fraction of sp³-hybridized carbons (Fsp3) is 0.529. The zero-order valence-electron chi connectivity index (χ0n) is 13.5. The lowest BCUT2D eigenvalue weighted by atomic mass is 10.1. The van der Waals surface area contributed by atoms with Crippen molar-refractivity contribution in [2.24, 2.45) is 5.92 Å².